The first-order chi connectivity index (χ1) is 4.61. The predicted molar refractivity (Wildman–Crippen MR) is 48.0 cm³/mol. The second-order valence-electron chi connectivity index (χ2n) is 2.11. The molecule has 0 atom stereocenters. The van der Waals surface area contributed by atoms with Crippen LogP contribution in [0.15, 0.2) is 12.1 Å². The van der Waals surface area contributed by atoms with E-state index in [1.807, 2.05) is 0 Å². The van der Waals surface area contributed by atoms with E-state index < -0.39 is 0 Å². The lowest BCUT2D eigenvalue weighted by Gasteiger charge is -2.06. The van der Waals surface area contributed by atoms with Crippen LogP contribution in [0.2, 0.25) is 0 Å². The van der Waals surface area contributed by atoms with Gasteiger partial charge in [0.2, 0.25) is 0 Å². The van der Waals surface area contributed by atoms with Gasteiger partial charge in [-0.25, -0.2) is 0 Å². The van der Waals surface area contributed by atoms with E-state index in [0.717, 1.165) is 0 Å². The molecule has 0 fully saturated rings. The van der Waals surface area contributed by atoms with Crippen molar-refractivity contribution in [3.8, 4) is 0 Å². The zero-order chi connectivity index (χ0) is 7.72. The maximum Gasteiger partial charge on any atom is 0.113 e. The fourth-order valence-corrected chi connectivity index (χ4v) is 0.723. The van der Waals surface area contributed by atoms with E-state index in [0.29, 0.717) is 21.9 Å². The molecule has 0 amide bonds. The summed E-state index contributed by atoms with van der Waals surface area (Å²) in [6.07, 6.45) is 0. The molecule has 1 aromatic carbocycles. The van der Waals surface area contributed by atoms with Gasteiger partial charge in [-0.3, -0.25) is 0 Å². The van der Waals surface area contributed by atoms with Crippen LogP contribution in [0.25, 0.3) is 0 Å². The van der Waals surface area contributed by atoms with Crippen molar-refractivity contribution < 1.29 is 0 Å². The number of hydrogen-bond donors (Lipinski definition) is 0. The lowest BCUT2D eigenvalue weighted by molar-refractivity contribution is 1.98. The van der Waals surface area contributed by atoms with Gasteiger partial charge in [0.25, 0.3) is 0 Å². The monoisotopic (exact) mass is 118 g/mol. The normalized spacial score (nSPS) is 9.60. The average molecular weight is 117 g/mol. The highest BCUT2D eigenvalue weighted by Crippen LogP contribution is 1.66. The summed E-state index contributed by atoms with van der Waals surface area (Å²) in [4.78, 5) is 0. The van der Waals surface area contributed by atoms with Crippen LogP contribution in [-0.4, -0.2) is 31.4 Å². The van der Waals surface area contributed by atoms with Gasteiger partial charge in [0.05, 0.1) is 0 Å². The summed E-state index contributed by atoms with van der Waals surface area (Å²) in [5, 5.41) is 0. The fraction of sp³-hybridized carbons (Fsp3) is 0. The third kappa shape index (κ3) is 1.31. The van der Waals surface area contributed by atoms with Crippen molar-refractivity contribution in [3.63, 3.8) is 0 Å². The van der Waals surface area contributed by atoms with Gasteiger partial charge in [-0.2, -0.15) is 0 Å². The number of hydrogen-bond acceptors (Lipinski definition) is 0. The van der Waals surface area contributed by atoms with Crippen molar-refractivity contribution in [2.45, 2.75) is 0 Å². The smallest absolute Gasteiger partial charge is 0.110 e. The van der Waals surface area contributed by atoms with Crippen molar-refractivity contribution in [2.75, 3.05) is 0 Å². The summed E-state index contributed by atoms with van der Waals surface area (Å²) < 4.78 is 0. The van der Waals surface area contributed by atoms with Gasteiger partial charge in [-0.15, -0.1) is 16.4 Å². The van der Waals surface area contributed by atoms with Crippen LogP contribution in [0.5, 0.6) is 0 Å². The molecule has 0 aliphatic carbocycles. The van der Waals surface area contributed by atoms with Gasteiger partial charge in [0.15, 0.2) is 0 Å². The second-order valence-corrected chi connectivity index (χ2v) is 2.11. The SMILES string of the molecule is [B]c1cc([B])c([B])c([B])c1. The van der Waals surface area contributed by atoms with E-state index in [4.69, 9.17) is 31.4 Å². The van der Waals surface area contributed by atoms with Crippen molar-refractivity contribution in [1.29, 1.82) is 0 Å². The summed E-state index contributed by atoms with van der Waals surface area (Å²) in [5.74, 6) is 0. The van der Waals surface area contributed by atoms with Gasteiger partial charge in [0.1, 0.15) is 31.4 Å². The third-order valence-electron chi connectivity index (χ3n) is 1.27. The summed E-state index contributed by atoms with van der Waals surface area (Å²) >= 11 is 0. The van der Waals surface area contributed by atoms with Crippen LogP contribution in [-0.2, 0) is 0 Å². The molecule has 38 valence electrons. The van der Waals surface area contributed by atoms with E-state index in [-0.39, 0.29) is 0 Å². The highest BCUT2D eigenvalue weighted by Gasteiger charge is 1.94. The van der Waals surface area contributed by atoms with E-state index in [9.17, 15) is 0 Å². The molecule has 0 N–H and O–H groups in total. The fourth-order valence-electron chi connectivity index (χ4n) is 0.723. The maximum absolute atomic E-state index is 5.45. The molecule has 0 aliphatic heterocycles. The minimum Gasteiger partial charge on any atom is -0.110 e. The highest BCUT2D eigenvalue weighted by atomic mass is 13.9. The minimum atomic E-state index is 0.397. The number of benzene rings is 1. The molecular formula is C6H2B4. The average Bonchev–Trinajstić information content (AvgIpc) is 1.82. The summed E-state index contributed by atoms with van der Waals surface area (Å²) in [7, 11) is 21.7. The molecule has 10 heavy (non-hydrogen) atoms. The van der Waals surface area contributed by atoms with Crippen LogP contribution >= 0.6 is 0 Å². The van der Waals surface area contributed by atoms with E-state index in [1.54, 1.807) is 12.1 Å². The molecule has 1 rings (SSSR count). The van der Waals surface area contributed by atoms with E-state index in [2.05, 4.69) is 0 Å². The van der Waals surface area contributed by atoms with Gasteiger partial charge in [0, 0.05) is 0 Å². The lowest BCUT2D eigenvalue weighted by atomic mass is 9.70. The Hall–Kier alpha value is -0.520. The van der Waals surface area contributed by atoms with Crippen LogP contribution in [0, 0.1) is 0 Å². The molecule has 0 spiro atoms. The first-order valence-electron chi connectivity index (χ1n) is 2.81. The standard InChI is InChI=1S/C6H2B4/c7-3-1-4(8)6(10)5(9)2-3/h1-2H. The predicted octanol–water partition coefficient (Wildman–Crippen LogP) is -3.14. The Morgan fingerprint density at radius 2 is 1.20 bits per heavy atom. The maximum atomic E-state index is 5.45. The van der Waals surface area contributed by atoms with Crippen LogP contribution in [0.4, 0.5) is 0 Å². The van der Waals surface area contributed by atoms with Crippen molar-refractivity contribution in [2.24, 2.45) is 0 Å². The first-order valence-corrected chi connectivity index (χ1v) is 2.81. The largest absolute Gasteiger partial charge is 0.113 e. The third-order valence-corrected chi connectivity index (χ3v) is 1.27. The summed E-state index contributed by atoms with van der Waals surface area (Å²) in [5.41, 5.74) is 1.79. The molecule has 0 aliphatic rings. The molecule has 1 aromatic rings. The van der Waals surface area contributed by atoms with Crippen LogP contribution in [0.1, 0.15) is 0 Å². The van der Waals surface area contributed by atoms with Crippen molar-refractivity contribution in [1.82, 2.24) is 0 Å². The molecule has 8 radical (unpaired) electrons. The molecule has 0 saturated heterocycles. The van der Waals surface area contributed by atoms with Crippen LogP contribution < -0.4 is 21.9 Å². The van der Waals surface area contributed by atoms with Gasteiger partial charge in [-0.05, 0) is 0 Å². The quantitative estimate of drug-likeness (QED) is 0.315. The van der Waals surface area contributed by atoms with Gasteiger partial charge >= 0.3 is 0 Å². The zero-order valence-electron chi connectivity index (χ0n) is 5.46. The van der Waals surface area contributed by atoms with Crippen molar-refractivity contribution >= 4 is 53.2 Å². The van der Waals surface area contributed by atoms with Crippen molar-refractivity contribution in [3.05, 3.63) is 12.1 Å². The molecular weight excluding hydrogens is 115 g/mol. The molecule has 0 unspecified atom stereocenters. The molecule has 0 heterocycles. The Bertz CT molecular complexity index is 233. The Kier molecular flexibility index (Phi) is 1.98. The molecule has 4 heteroatoms. The van der Waals surface area contributed by atoms with Gasteiger partial charge in [-0.1, -0.05) is 17.6 Å². The Balaban J connectivity index is 3.31. The van der Waals surface area contributed by atoms with Crippen LogP contribution in [0.3, 0.4) is 0 Å². The zero-order valence-corrected chi connectivity index (χ0v) is 5.46. The summed E-state index contributed by atoms with van der Waals surface area (Å²) in [6.45, 7) is 0. The highest BCUT2D eigenvalue weighted by molar-refractivity contribution is 6.58. The Morgan fingerprint density at radius 3 is 1.60 bits per heavy atom. The Labute approximate surface area is 66.0 Å². The Morgan fingerprint density at radius 1 is 0.800 bits per heavy atom. The second kappa shape index (κ2) is 2.61. The summed E-state index contributed by atoms with van der Waals surface area (Å²) in [6, 6.07) is 3.15. The lowest BCUT2D eigenvalue weighted by Crippen LogP contribution is -2.41. The molecule has 0 aromatic heterocycles. The van der Waals surface area contributed by atoms with E-state index in [1.165, 1.54) is 0 Å². The minimum absolute atomic E-state index is 0.397. The van der Waals surface area contributed by atoms with Gasteiger partial charge < -0.3 is 0 Å². The van der Waals surface area contributed by atoms with E-state index >= 15 is 0 Å². The molecule has 0 bridgehead atoms. The number of rotatable bonds is 0. The topological polar surface area (TPSA) is 0 Å². The molecule has 0 saturated carbocycles. The first kappa shape index (κ1) is 7.59. The molecule has 0 nitrogen and oxygen atoms in total.